The lowest BCUT2D eigenvalue weighted by Crippen LogP contribution is -2.55. The van der Waals surface area contributed by atoms with E-state index in [2.05, 4.69) is 0 Å². The van der Waals surface area contributed by atoms with Crippen LogP contribution < -0.4 is 4.74 Å². The maximum absolute atomic E-state index is 13.4. The lowest BCUT2D eigenvalue weighted by Gasteiger charge is -2.35. The summed E-state index contributed by atoms with van der Waals surface area (Å²) in [6.07, 6.45) is -1.05. The summed E-state index contributed by atoms with van der Waals surface area (Å²) in [5.74, 6) is -2.77. The number of benzene rings is 2. The molecule has 1 saturated heterocycles. The van der Waals surface area contributed by atoms with Gasteiger partial charge < -0.3 is 19.5 Å². The normalized spacial score (nSPS) is 22.0. The molecule has 0 radical (unpaired) electrons. The van der Waals surface area contributed by atoms with Crippen molar-refractivity contribution in [2.75, 3.05) is 6.54 Å². The van der Waals surface area contributed by atoms with Gasteiger partial charge in [0.15, 0.2) is 0 Å². The molecule has 1 aliphatic heterocycles. The van der Waals surface area contributed by atoms with Crippen LogP contribution in [-0.4, -0.2) is 51.6 Å². The Labute approximate surface area is 198 Å². The highest BCUT2D eigenvalue weighted by Gasteiger charge is 2.59. The van der Waals surface area contributed by atoms with Crippen LogP contribution in [0.15, 0.2) is 54.6 Å². The number of nitriles is 1. The van der Waals surface area contributed by atoms with Crippen molar-refractivity contribution in [3.8, 4) is 11.8 Å². The molecule has 0 saturated carbocycles. The van der Waals surface area contributed by atoms with Crippen molar-refractivity contribution in [3.63, 3.8) is 0 Å². The number of ether oxygens (including phenoxy) is 2. The number of likely N-dealkylation sites (tertiary alicyclic amines) is 1. The fraction of sp³-hybridized carbons (Fsp3) is 0.385. The Morgan fingerprint density at radius 3 is 2.26 bits per heavy atom. The second kappa shape index (κ2) is 9.56. The number of carbonyl (C=O) groups is 3. The van der Waals surface area contributed by atoms with E-state index in [1.54, 1.807) is 75.4 Å². The molecule has 0 bridgehead atoms. The molecule has 8 nitrogen and oxygen atoms in total. The van der Waals surface area contributed by atoms with Gasteiger partial charge in [-0.05, 0) is 64.1 Å². The van der Waals surface area contributed by atoms with Gasteiger partial charge in [0.1, 0.15) is 23.0 Å². The van der Waals surface area contributed by atoms with E-state index in [4.69, 9.17) is 14.7 Å². The fourth-order valence-corrected chi connectivity index (χ4v) is 4.16. The third kappa shape index (κ3) is 5.20. The minimum atomic E-state index is -1.72. The van der Waals surface area contributed by atoms with E-state index in [0.717, 1.165) is 0 Å². The van der Waals surface area contributed by atoms with Crippen LogP contribution in [0.3, 0.4) is 0 Å². The van der Waals surface area contributed by atoms with Gasteiger partial charge in [-0.3, -0.25) is 9.59 Å². The molecule has 2 aromatic carbocycles. The average molecular weight is 465 g/mol. The van der Waals surface area contributed by atoms with E-state index in [1.807, 2.05) is 6.07 Å². The summed E-state index contributed by atoms with van der Waals surface area (Å²) >= 11 is 0. The summed E-state index contributed by atoms with van der Waals surface area (Å²) in [5.41, 5.74) is -1.69. The van der Waals surface area contributed by atoms with Crippen molar-refractivity contribution in [1.82, 2.24) is 4.90 Å². The van der Waals surface area contributed by atoms with Crippen LogP contribution in [0.25, 0.3) is 0 Å². The minimum absolute atomic E-state index is 0.0377. The molecule has 3 atom stereocenters. The molecule has 0 spiro atoms. The molecule has 2 aromatic rings. The van der Waals surface area contributed by atoms with Gasteiger partial charge in [0, 0.05) is 11.5 Å². The van der Waals surface area contributed by atoms with Crippen LogP contribution in [-0.2, 0) is 14.3 Å². The van der Waals surface area contributed by atoms with Gasteiger partial charge in [0.25, 0.3) is 5.91 Å². The lowest BCUT2D eigenvalue weighted by molar-refractivity contribution is -0.159. The molecule has 0 aliphatic carbocycles. The number of nitrogens with zero attached hydrogens (tertiary/aromatic N) is 2. The second-order valence-electron chi connectivity index (χ2n) is 9.42. The van der Waals surface area contributed by atoms with Gasteiger partial charge in [0.2, 0.25) is 0 Å². The predicted molar refractivity (Wildman–Crippen MR) is 123 cm³/mol. The molecular formula is C26H28N2O6. The number of carbonyl (C=O) groups excluding carboxylic acids is 2. The first-order chi connectivity index (χ1) is 16.0. The zero-order valence-electron chi connectivity index (χ0n) is 19.6. The van der Waals surface area contributed by atoms with Crippen LogP contribution in [0.4, 0.5) is 0 Å². The molecule has 178 valence electrons. The summed E-state index contributed by atoms with van der Waals surface area (Å²) < 4.78 is 11.6. The van der Waals surface area contributed by atoms with E-state index in [9.17, 15) is 19.5 Å². The number of hydrogen-bond acceptors (Lipinski definition) is 6. The van der Waals surface area contributed by atoms with Crippen molar-refractivity contribution in [3.05, 3.63) is 65.7 Å². The largest absolute Gasteiger partial charge is 0.488 e. The zero-order chi connectivity index (χ0) is 25.1. The molecule has 1 heterocycles. The molecule has 1 N–H and O–H groups in total. The van der Waals surface area contributed by atoms with Crippen molar-refractivity contribution in [2.24, 2.45) is 5.92 Å². The molecule has 1 amide bonds. The second-order valence-corrected chi connectivity index (χ2v) is 9.42. The Balaban J connectivity index is 1.99. The van der Waals surface area contributed by atoms with Crippen LogP contribution in [0, 0.1) is 17.2 Å². The molecule has 0 unspecified atom stereocenters. The summed E-state index contributed by atoms with van der Waals surface area (Å²) in [6.45, 7) is 6.58. The van der Waals surface area contributed by atoms with Gasteiger partial charge in [-0.1, -0.05) is 18.2 Å². The first kappa shape index (κ1) is 24.8. The van der Waals surface area contributed by atoms with E-state index in [-0.39, 0.29) is 13.0 Å². The SMILES string of the molecule is CC(C)(C)OC(=O)C[C@H]1[C@H](Oc2ccc(C#N)cc2)CN(C(=O)c2ccccc2)[C@]1(C)C(=O)O. The summed E-state index contributed by atoms with van der Waals surface area (Å²) in [6, 6.07) is 16.8. The number of amides is 1. The van der Waals surface area contributed by atoms with E-state index in [1.165, 1.54) is 11.8 Å². The standard InChI is InChI=1S/C26H28N2O6/c1-25(2,3)34-22(29)14-20-21(33-19-12-10-17(15-27)11-13-19)16-28(26(20,4)24(31)32)23(30)18-8-6-5-7-9-18/h5-13,20-21H,14,16H2,1-4H3,(H,31,32)/t20-,21+,26-/m0/s1. The first-order valence-corrected chi connectivity index (χ1v) is 10.9. The van der Waals surface area contributed by atoms with Gasteiger partial charge in [-0.25, -0.2) is 4.79 Å². The van der Waals surface area contributed by atoms with Crippen LogP contribution in [0.2, 0.25) is 0 Å². The molecule has 8 heteroatoms. The molecule has 1 aliphatic rings. The summed E-state index contributed by atoms with van der Waals surface area (Å²) in [5, 5.41) is 19.3. The van der Waals surface area contributed by atoms with Gasteiger partial charge in [-0.2, -0.15) is 5.26 Å². The van der Waals surface area contributed by atoms with Gasteiger partial charge >= 0.3 is 11.9 Å². The predicted octanol–water partition coefficient (Wildman–Crippen LogP) is 3.65. The minimum Gasteiger partial charge on any atom is -0.488 e. The van der Waals surface area contributed by atoms with Crippen molar-refractivity contribution in [1.29, 1.82) is 5.26 Å². The third-order valence-corrected chi connectivity index (χ3v) is 5.87. The zero-order valence-corrected chi connectivity index (χ0v) is 19.6. The average Bonchev–Trinajstić information content (AvgIpc) is 3.05. The van der Waals surface area contributed by atoms with E-state index < -0.39 is 41.0 Å². The number of carboxylic acids is 1. The first-order valence-electron chi connectivity index (χ1n) is 10.9. The number of hydrogen-bond donors (Lipinski definition) is 1. The molecular weight excluding hydrogens is 436 g/mol. The van der Waals surface area contributed by atoms with Crippen LogP contribution in [0.1, 0.15) is 50.0 Å². The highest BCUT2D eigenvalue weighted by Crippen LogP contribution is 2.41. The number of esters is 1. The third-order valence-electron chi connectivity index (χ3n) is 5.87. The van der Waals surface area contributed by atoms with E-state index in [0.29, 0.717) is 16.9 Å². The van der Waals surface area contributed by atoms with Gasteiger partial charge in [-0.15, -0.1) is 0 Å². The molecule has 3 rings (SSSR count). The fourth-order valence-electron chi connectivity index (χ4n) is 4.16. The molecule has 34 heavy (non-hydrogen) atoms. The maximum atomic E-state index is 13.4. The Hall–Kier alpha value is -3.86. The number of rotatable bonds is 6. The lowest BCUT2D eigenvalue weighted by atomic mass is 9.82. The molecule has 1 fully saturated rings. The Kier molecular flexibility index (Phi) is 6.96. The Bertz CT molecular complexity index is 1100. The quantitative estimate of drug-likeness (QED) is 0.649. The van der Waals surface area contributed by atoms with Crippen molar-refractivity contribution < 1.29 is 29.0 Å². The monoisotopic (exact) mass is 464 g/mol. The highest BCUT2D eigenvalue weighted by molar-refractivity contribution is 5.98. The maximum Gasteiger partial charge on any atom is 0.329 e. The van der Waals surface area contributed by atoms with Crippen LogP contribution in [0.5, 0.6) is 5.75 Å². The Morgan fingerprint density at radius 1 is 1.12 bits per heavy atom. The molecule has 0 aromatic heterocycles. The van der Waals surface area contributed by atoms with Gasteiger partial charge in [0.05, 0.1) is 24.6 Å². The smallest absolute Gasteiger partial charge is 0.329 e. The number of aliphatic carboxylic acids is 1. The summed E-state index contributed by atoms with van der Waals surface area (Å²) in [4.78, 5) is 40.0. The Morgan fingerprint density at radius 2 is 1.74 bits per heavy atom. The van der Waals surface area contributed by atoms with Crippen LogP contribution >= 0.6 is 0 Å². The highest BCUT2D eigenvalue weighted by atomic mass is 16.6. The number of carboxylic acid groups (broad SMARTS) is 1. The topological polar surface area (TPSA) is 117 Å². The van der Waals surface area contributed by atoms with E-state index >= 15 is 0 Å². The summed E-state index contributed by atoms with van der Waals surface area (Å²) in [7, 11) is 0. The van der Waals surface area contributed by atoms with Crippen molar-refractivity contribution in [2.45, 2.75) is 51.4 Å². The van der Waals surface area contributed by atoms with Crippen molar-refractivity contribution >= 4 is 17.8 Å².